The number of ether oxygens (including phenoxy) is 1. The minimum absolute atomic E-state index is 0.199. The van der Waals surface area contributed by atoms with Crippen molar-refractivity contribution in [1.82, 2.24) is 5.32 Å². The molecule has 0 saturated carbocycles. The van der Waals surface area contributed by atoms with Crippen LogP contribution in [0.2, 0.25) is 0 Å². The number of sulfonamides is 1. The van der Waals surface area contributed by atoms with E-state index in [2.05, 4.69) is 5.32 Å². The van der Waals surface area contributed by atoms with Crippen molar-refractivity contribution in [2.45, 2.75) is 18.4 Å². The second-order valence-corrected chi connectivity index (χ2v) is 8.84. The van der Waals surface area contributed by atoms with Crippen LogP contribution >= 0.6 is 0 Å². The van der Waals surface area contributed by atoms with Crippen molar-refractivity contribution in [2.75, 3.05) is 18.5 Å². The molecule has 7 heteroatoms. The molecule has 0 heterocycles. The third kappa shape index (κ3) is 4.80. The zero-order chi connectivity index (χ0) is 21.7. The average Bonchev–Trinajstić information content (AvgIpc) is 2.77. The van der Waals surface area contributed by atoms with Gasteiger partial charge < -0.3 is 10.1 Å². The van der Waals surface area contributed by atoms with Crippen LogP contribution < -0.4 is 14.4 Å². The molecule has 0 radical (unpaired) electrons. The van der Waals surface area contributed by atoms with E-state index < -0.39 is 10.0 Å². The lowest BCUT2D eigenvalue weighted by Crippen LogP contribution is -2.27. The fourth-order valence-electron chi connectivity index (χ4n) is 2.88. The number of carbonyl (C=O) groups is 1. The lowest BCUT2D eigenvalue weighted by Gasteiger charge is -2.20. The van der Waals surface area contributed by atoms with Crippen LogP contribution in [0.3, 0.4) is 0 Å². The summed E-state index contributed by atoms with van der Waals surface area (Å²) in [5, 5.41) is 2.85. The topological polar surface area (TPSA) is 75.7 Å². The zero-order valence-electron chi connectivity index (χ0n) is 17.1. The van der Waals surface area contributed by atoms with Crippen molar-refractivity contribution in [1.29, 1.82) is 0 Å². The molecule has 3 aromatic rings. The second kappa shape index (κ2) is 9.00. The summed E-state index contributed by atoms with van der Waals surface area (Å²) in [6.07, 6.45) is 0. The normalized spacial score (nSPS) is 11.0. The van der Waals surface area contributed by atoms with Crippen LogP contribution in [0.4, 0.5) is 5.69 Å². The first-order valence-corrected chi connectivity index (χ1v) is 10.8. The Labute approximate surface area is 177 Å². The molecule has 0 atom stereocenters. The summed E-state index contributed by atoms with van der Waals surface area (Å²) in [7, 11) is -0.651. The molecule has 0 aliphatic rings. The molecular formula is C23H24N2O4S. The van der Waals surface area contributed by atoms with Crippen LogP contribution in [0, 0.1) is 6.92 Å². The number of aryl methyl sites for hydroxylation is 1. The molecule has 0 aliphatic carbocycles. The fourth-order valence-corrected chi connectivity index (χ4v) is 4.07. The van der Waals surface area contributed by atoms with Gasteiger partial charge in [0.1, 0.15) is 5.75 Å². The highest BCUT2D eigenvalue weighted by Crippen LogP contribution is 2.23. The Hall–Kier alpha value is -3.32. The van der Waals surface area contributed by atoms with Gasteiger partial charge in [-0.25, -0.2) is 8.42 Å². The first kappa shape index (κ1) is 21.4. The minimum Gasteiger partial charge on any atom is -0.497 e. The van der Waals surface area contributed by atoms with Crippen molar-refractivity contribution < 1.29 is 17.9 Å². The highest BCUT2D eigenvalue weighted by atomic mass is 32.2. The summed E-state index contributed by atoms with van der Waals surface area (Å²) in [5.41, 5.74) is 2.70. The molecule has 0 aliphatic heterocycles. The highest BCUT2D eigenvalue weighted by molar-refractivity contribution is 7.92. The minimum atomic E-state index is -3.72. The molecule has 0 saturated heterocycles. The van der Waals surface area contributed by atoms with Gasteiger partial charge >= 0.3 is 0 Å². The Morgan fingerprint density at radius 3 is 2.30 bits per heavy atom. The van der Waals surface area contributed by atoms with Gasteiger partial charge in [-0.15, -0.1) is 0 Å². The van der Waals surface area contributed by atoms with Gasteiger partial charge in [-0.3, -0.25) is 9.10 Å². The number of carbonyl (C=O) groups excluding carboxylic acids is 1. The van der Waals surface area contributed by atoms with Crippen molar-refractivity contribution in [3.8, 4) is 5.75 Å². The van der Waals surface area contributed by atoms with Gasteiger partial charge in [0.2, 0.25) is 0 Å². The Morgan fingerprint density at radius 1 is 1.00 bits per heavy atom. The van der Waals surface area contributed by atoms with Crippen molar-refractivity contribution in [3.05, 3.63) is 89.5 Å². The Kier molecular flexibility index (Phi) is 6.42. The SMILES string of the molecule is COc1ccc(CNC(=O)c2cccc(N(C)S(=O)(=O)c3ccc(C)cc3)c2)cc1. The monoisotopic (exact) mass is 424 g/mol. The van der Waals surface area contributed by atoms with Crippen LogP contribution in [-0.2, 0) is 16.6 Å². The number of rotatable bonds is 7. The lowest BCUT2D eigenvalue weighted by molar-refractivity contribution is 0.0951. The molecule has 1 N–H and O–H groups in total. The molecule has 3 rings (SSSR count). The fraction of sp³-hybridized carbons (Fsp3) is 0.174. The smallest absolute Gasteiger partial charge is 0.264 e. The van der Waals surface area contributed by atoms with Crippen molar-refractivity contribution in [2.24, 2.45) is 0 Å². The van der Waals surface area contributed by atoms with E-state index in [4.69, 9.17) is 4.74 Å². The maximum absolute atomic E-state index is 12.9. The number of methoxy groups -OCH3 is 1. The van der Waals surface area contributed by atoms with E-state index in [1.807, 2.05) is 31.2 Å². The number of hydrogen-bond acceptors (Lipinski definition) is 4. The summed E-state index contributed by atoms with van der Waals surface area (Å²) in [6, 6.07) is 20.6. The summed E-state index contributed by atoms with van der Waals surface area (Å²) in [4.78, 5) is 12.8. The molecule has 0 fully saturated rings. The summed E-state index contributed by atoms with van der Waals surface area (Å²) >= 11 is 0. The molecule has 0 unspecified atom stereocenters. The zero-order valence-corrected chi connectivity index (χ0v) is 17.9. The number of nitrogens with one attached hydrogen (secondary N) is 1. The molecule has 0 spiro atoms. The molecule has 0 aromatic heterocycles. The van der Waals surface area contributed by atoms with Crippen LogP contribution in [0.1, 0.15) is 21.5 Å². The molecule has 156 valence electrons. The quantitative estimate of drug-likeness (QED) is 0.627. The number of benzene rings is 3. The molecule has 3 aromatic carbocycles. The molecule has 30 heavy (non-hydrogen) atoms. The van der Waals surface area contributed by atoms with E-state index in [0.29, 0.717) is 17.8 Å². The van der Waals surface area contributed by atoms with Crippen LogP contribution in [0.5, 0.6) is 5.75 Å². The Balaban J connectivity index is 1.74. The maximum atomic E-state index is 12.9. The van der Waals surface area contributed by atoms with Crippen molar-refractivity contribution in [3.63, 3.8) is 0 Å². The van der Waals surface area contributed by atoms with Crippen LogP contribution in [0.25, 0.3) is 0 Å². The van der Waals surface area contributed by atoms with Gasteiger partial charge in [0.25, 0.3) is 15.9 Å². The number of amides is 1. The van der Waals surface area contributed by atoms with E-state index in [1.54, 1.807) is 55.6 Å². The average molecular weight is 425 g/mol. The third-order valence-electron chi connectivity index (χ3n) is 4.76. The summed E-state index contributed by atoms with van der Waals surface area (Å²) in [6.45, 7) is 2.25. The van der Waals surface area contributed by atoms with Gasteiger partial charge in [-0.05, 0) is 55.0 Å². The van der Waals surface area contributed by atoms with Gasteiger partial charge in [0, 0.05) is 19.2 Å². The summed E-state index contributed by atoms with van der Waals surface area (Å²) in [5.74, 6) is 0.462. The predicted molar refractivity (Wildman–Crippen MR) is 117 cm³/mol. The standard InChI is InChI=1S/C23H24N2O4S/c1-17-7-13-22(14-8-17)30(27,28)25(2)20-6-4-5-19(15-20)23(26)24-16-18-9-11-21(29-3)12-10-18/h4-15H,16H2,1-3H3,(H,24,26). The van der Waals surface area contributed by atoms with Crippen LogP contribution in [0.15, 0.2) is 77.7 Å². The van der Waals surface area contributed by atoms with Gasteiger partial charge in [-0.1, -0.05) is 35.9 Å². The Morgan fingerprint density at radius 2 is 1.67 bits per heavy atom. The largest absolute Gasteiger partial charge is 0.497 e. The van der Waals surface area contributed by atoms with Crippen LogP contribution in [-0.4, -0.2) is 28.5 Å². The highest BCUT2D eigenvalue weighted by Gasteiger charge is 2.21. The third-order valence-corrected chi connectivity index (χ3v) is 6.56. The lowest BCUT2D eigenvalue weighted by atomic mass is 10.1. The maximum Gasteiger partial charge on any atom is 0.264 e. The van der Waals surface area contributed by atoms with E-state index in [1.165, 1.54) is 11.4 Å². The summed E-state index contributed by atoms with van der Waals surface area (Å²) < 4.78 is 32.1. The van der Waals surface area contributed by atoms with Gasteiger partial charge in [0.15, 0.2) is 0 Å². The van der Waals surface area contributed by atoms with Crippen molar-refractivity contribution >= 4 is 21.6 Å². The Bertz CT molecular complexity index is 1120. The first-order valence-electron chi connectivity index (χ1n) is 9.38. The second-order valence-electron chi connectivity index (χ2n) is 6.87. The molecular weight excluding hydrogens is 400 g/mol. The molecule has 6 nitrogen and oxygen atoms in total. The van der Waals surface area contributed by atoms with E-state index >= 15 is 0 Å². The van der Waals surface area contributed by atoms with Gasteiger partial charge in [-0.2, -0.15) is 0 Å². The van der Waals surface area contributed by atoms with E-state index in [9.17, 15) is 13.2 Å². The number of hydrogen-bond donors (Lipinski definition) is 1. The van der Waals surface area contributed by atoms with E-state index in [0.717, 1.165) is 16.9 Å². The molecule has 0 bridgehead atoms. The van der Waals surface area contributed by atoms with Gasteiger partial charge in [0.05, 0.1) is 17.7 Å². The first-order chi connectivity index (χ1) is 14.3. The van der Waals surface area contributed by atoms with E-state index in [-0.39, 0.29) is 10.8 Å². The molecule has 1 amide bonds. The number of nitrogens with zero attached hydrogens (tertiary/aromatic N) is 1. The number of anilines is 1. The predicted octanol–water partition coefficient (Wildman–Crippen LogP) is 3.76.